The Balaban J connectivity index is 0.000000200. The summed E-state index contributed by atoms with van der Waals surface area (Å²) < 4.78 is 29.4. The van der Waals surface area contributed by atoms with Gasteiger partial charge in [0.15, 0.2) is 0 Å². The molecule has 0 aliphatic rings. The Labute approximate surface area is 110 Å². The van der Waals surface area contributed by atoms with E-state index in [9.17, 15) is 8.78 Å². The Hall–Kier alpha value is -2.54. The molecule has 0 aromatic heterocycles. The van der Waals surface area contributed by atoms with Gasteiger partial charge in [-0.25, -0.2) is 8.78 Å². The van der Waals surface area contributed by atoms with E-state index in [2.05, 4.69) is 5.92 Å². The van der Waals surface area contributed by atoms with Gasteiger partial charge in [-0.15, -0.1) is 6.42 Å². The predicted molar refractivity (Wildman–Crippen MR) is 68.8 cm³/mol. The van der Waals surface area contributed by atoms with Gasteiger partial charge in [0, 0.05) is 12.1 Å². The van der Waals surface area contributed by atoms with Gasteiger partial charge in [0.05, 0.1) is 0 Å². The topological polar surface area (TPSA) is 29.5 Å². The predicted octanol–water partition coefficient (Wildman–Crippen LogP) is 3.37. The van der Waals surface area contributed by atoms with Gasteiger partial charge < -0.3 is 9.84 Å². The van der Waals surface area contributed by atoms with Crippen molar-refractivity contribution in [2.45, 2.75) is 0 Å². The first-order valence-electron chi connectivity index (χ1n) is 5.38. The van der Waals surface area contributed by atoms with Crippen LogP contribution >= 0.6 is 0 Å². The second kappa shape index (κ2) is 7.72. The van der Waals surface area contributed by atoms with Crippen LogP contribution in [0.25, 0.3) is 0 Å². The van der Waals surface area contributed by atoms with E-state index in [1.165, 1.54) is 30.3 Å². The molecule has 4 heteroatoms. The van der Waals surface area contributed by atoms with Crippen LogP contribution in [0.2, 0.25) is 0 Å². The number of rotatable bonds is 2. The second-order valence-electron chi connectivity index (χ2n) is 3.43. The first-order valence-corrected chi connectivity index (χ1v) is 5.38. The molecule has 0 fully saturated rings. The third kappa shape index (κ3) is 6.08. The number of phenols is 1. The highest BCUT2D eigenvalue weighted by atomic mass is 19.1. The van der Waals surface area contributed by atoms with E-state index in [0.29, 0.717) is 5.75 Å². The minimum Gasteiger partial charge on any atom is -0.508 e. The molecular formula is C15H12F2O2. The summed E-state index contributed by atoms with van der Waals surface area (Å²) in [6.45, 7) is 0.170. The number of benzene rings is 2. The van der Waals surface area contributed by atoms with Crippen molar-refractivity contribution in [3.05, 3.63) is 60.2 Å². The van der Waals surface area contributed by atoms with E-state index in [4.69, 9.17) is 16.3 Å². The summed E-state index contributed by atoms with van der Waals surface area (Å²) in [7, 11) is 0. The quantitative estimate of drug-likeness (QED) is 0.841. The molecule has 0 aliphatic heterocycles. The molecule has 0 amide bonds. The zero-order valence-corrected chi connectivity index (χ0v) is 10.0. The Morgan fingerprint density at radius 3 is 2.16 bits per heavy atom. The van der Waals surface area contributed by atoms with Gasteiger partial charge in [0.25, 0.3) is 0 Å². The molecule has 2 aromatic rings. The SMILES string of the molecule is C#CCOc1cccc(F)c1.Oc1cccc(F)c1. The summed E-state index contributed by atoms with van der Waals surface area (Å²) in [4.78, 5) is 0. The minimum atomic E-state index is -0.412. The molecule has 0 atom stereocenters. The van der Waals surface area contributed by atoms with Crippen molar-refractivity contribution in [3.8, 4) is 23.8 Å². The lowest BCUT2D eigenvalue weighted by atomic mass is 10.3. The van der Waals surface area contributed by atoms with Gasteiger partial charge in [-0.05, 0) is 24.3 Å². The average molecular weight is 262 g/mol. The molecule has 19 heavy (non-hydrogen) atoms. The molecule has 0 unspecified atom stereocenters. The van der Waals surface area contributed by atoms with E-state index in [0.717, 1.165) is 6.07 Å². The normalized spacial score (nSPS) is 8.89. The highest BCUT2D eigenvalue weighted by molar-refractivity contribution is 5.22. The lowest BCUT2D eigenvalue weighted by Crippen LogP contribution is -1.92. The molecule has 0 spiro atoms. The van der Waals surface area contributed by atoms with E-state index in [-0.39, 0.29) is 18.2 Å². The summed E-state index contributed by atoms with van der Waals surface area (Å²) in [5, 5.41) is 8.57. The van der Waals surface area contributed by atoms with Crippen molar-refractivity contribution < 1.29 is 18.6 Å². The molecule has 0 heterocycles. The number of terminal acetylenes is 1. The zero-order chi connectivity index (χ0) is 14.1. The van der Waals surface area contributed by atoms with Crippen LogP contribution < -0.4 is 4.74 Å². The maximum absolute atomic E-state index is 12.5. The number of phenolic OH excluding ortho intramolecular Hbond substituents is 1. The highest BCUT2D eigenvalue weighted by Crippen LogP contribution is 2.11. The lowest BCUT2D eigenvalue weighted by Gasteiger charge is -1.99. The molecule has 2 nitrogen and oxygen atoms in total. The van der Waals surface area contributed by atoms with Crippen LogP contribution in [0, 0.1) is 24.0 Å². The van der Waals surface area contributed by atoms with Gasteiger partial charge in [-0.1, -0.05) is 18.1 Å². The number of hydrogen-bond donors (Lipinski definition) is 1. The van der Waals surface area contributed by atoms with E-state index >= 15 is 0 Å². The van der Waals surface area contributed by atoms with Crippen molar-refractivity contribution >= 4 is 0 Å². The molecule has 0 bridgehead atoms. The number of halogens is 2. The first-order chi connectivity index (χ1) is 9.11. The van der Waals surface area contributed by atoms with Crippen LogP contribution in [0.5, 0.6) is 11.5 Å². The molecule has 1 N–H and O–H groups in total. The van der Waals surface area contributed by atoms with Gasteiger partial charge in [0.2, 0.25) is 0 Å². The van der Waals surface area contributed by atoms with Crippen molar-refractivity contribution in [3.63, 3.8) is 0 Å². The van der Waals surface area contributed by atoms with E-state index in [1.54, 1.807) is 12.1 Å². The largest absolute Gasteiger partial charge is 0.508 e. The van der Waals surface area contributed by atoms with Crippen LogP contribution in [-0.4, -0.2) is 11.7 Å². The monoisotopic (exact) mass is 262 g/mol. The number of aromatic hydroxyl groups is 1. The Kier molecular flexibility index (Phi) is 5.90. The Bertz CT molecular complexity index is 545. The molecule has 0 radical (unpaired) electrons. The summed E-state index contributed by atoms with van der Waals surface area (Å²) in [6, 6.07) is 11.1. The standard InChI is InChI=1S/C9H7FO.C6H5FO/c1-2-6-11-9-5-3-4-8(10)7-9;7-5-2-1-3-6(8)4-5/h1,3-5,7H,6H2;1-4,8H. The fourth-order valence-electron chi connectivity index (χ4n) is 1.16. The molecular weight excluding hydrogens is 250 g/mol. The maximum atomic E-state index is 12.5. The highest BCUT2D eigenvalue weighted by Gasteiger charge is 1.92. The van der Waals surface area contributed by atoms with E-state index < -0.39 is 5.82 Å². The van der Waals surface area contributed by atoms with Crippen molar-refractivity contribution in [2.24, 2.45) is 0 Å². The summed E-state index contributed by atoms with van der Waals surface area (Å²) in [6.07, 6.45) is 4.95. The second-order valence-corrected chi connectivity index (χ2v) is 3.43. The van der Waals surface area contributed by atoms with Crippen molar-refractivity contribution in [1.29, 1.82) is 0 Å². The molecule has 2 rings (SSSR count). The van der Waals surface area contributed by atoms with Gasteiger partial charge in [-0.3, -0.25) is 0 Å². The molecule has 0 saturated carbocycles. The third-order valence-corrected chi connectivity index (χ3v) is 1.93. The summed E-state index contributed by atoms with van der Waals surface area (Å²) in [5.74, 6) is 1.98. The smallest absolute Gasteiger partial charge is 0.148 e. The fraction of sp³-hybridized carbons (Fsp3) is 0.0667. The van der Waals surface area contributed by atoms with Crippen LogP contribution in [0.4, 0.5) is 8.78 Å². The van der Waals surface area contributed by atoms with Crippen LogP contribution in [-0.2, 0) is 0 Å². The summed E-state index contributed by atoms with van der Waals surface area (Å²) >= 11 is 0. The molecule has 2 aromatic carbocycles. The third-order valence-electron chi connectivity index (χ3n) is 1.93. The number of hydrogen-bond acceptors (Lipinski definition) is 2. The summed E-state index contributed by atoms with van der Waals surface area (Å²) in [5.41, 5.74) is 0. The van der Waals surface area contributed by atoms with Crippen LogP contribution in [0.3, 0.4) is 0 Å². The van der Waals surface area contributed by atoms with Crippen LogP contribution in [0.15, 0.2) is 48.5 Å². The Morgan fingerprint density at radius 2 is 1.68 bits per heavy atom. The average Bonchev–Trinajstić information content (AvgIpc) is 2.37. The molecule has 0 aliphatic carbocycles. The fourth-order valence-corrected chi connectivity index (χ4v) is 1.16. The van der Waals surface area contributed by atoms with E-state index in [1.807, 2.05) is 0 Å². The van der Waals surface area contributed by atoms with Gasteiger partial charge in [0.1, 0.15) is 29.7 Å². The van der Waals surface area contributed by atoms with Crippen molar-refractivity contribution in [2.75, 3.05) is 6.61 Å². The lowest BCUT2D eigenvalue weighted by molar-refractivity contribution is 0.368. The zero-order valence-electron chi connectivity index (χ0n) is 10.0. The molecule has 0 saturated heterocycles. The maximum Gasteiger partial charge on any atom is 0.148 e. The molecule has 98 valence electrons. The number of ether oxygens (including phenoxy) is 1. The van der Waals surface area contributed by atoms with Gasteiger partial charge >= 0.3 is 0 Å². The van der Waals surface area contributed by atoms with Crippen LogP contribution in [0.1, 0.15) is 0 Å². The Morgan fingerprint density at radius 1 is 1.05 bits per heavy atom. The minimum absolute atomic E-state index is 0.0370. The van der Waals surface area contributed by atoms with Crippen molar-refractivity contribution in [1.82, 2.24) is 0 Å². The first kappa shape index (κ1) is 14.5. The van der Waals surface area contributed by atoms with Gasteiger partial charge in [-0.2, -0.15) is 0 Å².